The van der Waals surface area contributed by atoms with Gasteiger partial charge in [0.2, 0.25) is 0 Å². The summed E-state index contributed by atoms with van der Waals surface area (Å²) < 4.78 is 5.05. The second-order valence-electron chi connectivity index (χ2n) is 3.67. The van der Waals surface area contributed by atoms with Crippen LogP contribution in [0.4, 0.5) is 10.5 Å². The molecular formula is C13H10Cl2N2O2. The standard InChI is InChI=1S/C13H10Cl2N2O2/c14-10-6-12(15)16-7-11(10)17-13(18)19-8-9-4-2-1-3-5-9/h1-7H,8H2,(H,17,18). The molecule has 1 N–H and O–H groups in total. The van der Waals surface area contributed by atoms with Crippen LogP contribution in [-0.4, -0.2) is 11.1 Å². The number of aromatic nitrogens is 1. The van der Waals surface area contributed by atoms with E-state index in [4.69, 9.17) is 27.9 Å². The fraction of sp³-hybridized carbons (Fsp3) is 0.0769. The van der Waals surface area contributed by atoms with Crippen molar-refractivity contribution in [3.05, 3.63) is 58.3 Å². The van der Waals surface area contributed by atoms with E-state index in [0.717, 1.165) is 5.56 Å². The molecule has 2 aromatic rings. The first-order valence-electron chi connectivity index (χ1n) is 5.44. The molecule has 0 unspecified atom stereocenters. The summed E-state index contributed by atoms with van der Waals surface area (Å²) in [6.45, 7) is 0.186. The third-order valence-electron chi connectivity index (χ3n) is 2.27. The van der Waals surface area contributed by atoms with Crippen molar-refractivity contribution in [3.63, 3.8) is 0 Å². The van der Waals surface area contributed by atoms with Gasteiger partial charge in [-0.05, 0) is 11.6 Å². The molecule has 1 aromatic heterocycles. The van der Waals surface area contributed by atoms with Gasteiger partial charge in [-0.25, -0.2) is 9.78 Å². The number of amides is 1. The number of nitrogens with one attached hydrogen (secondary N) is 1. The first-order valence-corrected chi connectivity index (χ1v) is 6.19. The van der Waals surface area contributed by atoms with Crippen LogP contribution >= 0.6 is 23.2 Å². The van der Waals surface area contributed by atoms with Crippen molar-refractivity contribution >= 4 is 35.0 Å². The van der Waals surface area contributed by atoms with E-state index in [-0.39, 0.29) is 11.8 Å². The number of nitrogens with zero attached hydrogens (tertiary/aromatic N) is 1. The minimum absolute atomic E-state index is 0.186. The number of benzene rings is 1. The molecule has 19 heavy (non-hydrogen) atoms. The van der Waals surface area contributed by atoms with Crippen molar-refractivity contribution in [2.75, 3.05) is 5.32 Å². The summed E-state index contributed by atoms with van der Waals surface area (Å²) >= 11 is 11.6. The number of ether oxygens (including phenoxy) is 1. The normalized spacial score (nSPS) is 10.0. The largest absolute Gasteiger partial charge is 0.444 e. The summed E-state index contributed by atoms with van der Waals surface area (Å²) in [6.07, 6.45) is 0.768. The Balaban J connectivity index is 1.91. The zero-order chi connectivity index (χ0) is 13.7. The molecule has 0 spiro atoms. The Morgan fingerprint density at radius 2 is 2.00 bits per heavy atom. The van der Waals surface area contributed by atoms with Crippen LogP contribution in [0.25, 0.3) is 0 Å². The first kappa shape index (κ1) is 13.6. The molecule has 0 saturated heterocycles. The average Bonchev–Trinajstić information content (AvgIpc) is 2.41. The lowest BCUT2D eigenvalue weighted by molar-refractivity contribution is 0.155. The van der Waals surface area contributed by atoms with Crippen LogP contribution in [0.3, 0.4) is 0 Å². The summed E-state index contributed by atoms with van der Waals surface area (Å²) in [5, 5.41) is 3.05. The Kier molecular flexibility index (Phi) is 4.60. The van der Waals surface area contributed by atoms with Crippen LogP contribution in [0, 0.1) is 0 Å². The van der Waals surface area contributed by atoms with Gasteiger partial charge in [-0.2, -0.15) is 0 Å². The van der Waals surface area contributed by atoms with Crippen molar-refractivity contribution in [1.82, 2.24) is 4.98 Å². The zero-order valence-electron chi connectivity index (χ0n) is 9.77. The van der Waals surface area contributed by atoms with Crippen LogP contribution in [0.15, 0.2) is 42.6 Å². The van der Waals surface area contributed by atoms with Crippen molar-refractivity contribution in [1.29, 1.82) is 0 Å². The summed E-state index contributed by atoms with van der Waals surface area (Å²) in [5.41, 5.74) is 1.25. The fourth-order valence-electron chi connectivity index (χ4n) is 1.37. The summed E-state index contributed by atoms with van der Waals surface area (Å²) in [5.74, 6) is 0. The van der Waals surface area contributed by atoms with Gasteiger partial charge in [0.1, 0.15) is 11.8 Å². The van der Waals surface area contributed by atoms with E-state index >= 15 is 0 Å². The van der Waals surface area contributed by atoms with E-state index in [9.17, 15) is 4.79 Å². The Hall–Kier alpha value is -1.78. The molecule has 0 saturated carbocycles. The van der Waals surface area contributed by atoms with Gasteiger partial charge in [-0.15, -0.1) is 0 Å². The van der Waals surface area contributed by atoms with Crippen molar-refractivity contribution < 1.29 is 9.53 Å². The number of carbonyl (C=O) groups excluding carboxylic acids is 1. The highest BCUT2D eigenvalue weighted by Gasteiger charge is 2.08. The number of halogens is 2. The molecule has 1 amide bonds. The third-order valence-corrected chi connectivity index (χ3v) is 2.79. The van der Waals surface area contributed by atoms with E-state index < -0.39 is 6.09 Å². The highest BCUT2D eigenvalue weighted by Crippen LogP contribution is 2.23. The van der Waals surface area contributed by atoms with Gasteiger partial charge >= 0.3 is 6.09 Å². The van der Waals surface area contributed by atoms with Crippen molar-refractivity contribution in [2.45, 2.75) is 6.61 Å². The van der Waals surface area contributed by atoms with Gasteiger partial charge in [-0.3, -0.25) is 5.32 Å². The Bertz CT molecular complexity index is 576. The van der Waals surface area contributed by atoms with E-state index in [1.807, 2.05) is 30.3 Å². The van der Waals surface area contributed by atoms with E-state index in [1.165, 1.54) is 12.3 Å². The van der Waals surface area contributed by atoms with Gasteiger partial charge in [0, 0.05) is 0 Å². The monoisotopic (exact) mass is 296 g/mol. The number of hydrogen-bond acceptors (Lipinski definition) is 3. The van der Waals surface area contributed by atoms with Gasteiger partial charge in [0.15, 0.2) is 0 Å². The molecule has 0 bridgehead atoms. The number of hydrogen-bond donors (Lipinski definition) is 1. The summed E-state index contributed by atoms with van der Waals surface area (Å²) in [4.78, 5) is 15.4. The van der Waals surface area contributed by atoms with Crippen LogP contribution < -0.4 is 5.32 Å². The van der Waals surface area contributed by atoms with Crippen molar-refractivity contribution in [2.24, 2.45) is 0 Å². The zero-order valence-corrected chi connectivity index (χ0v) is 11.3. The maximum absolute atomic E-state index is 11.6. The Labute approximate surface area is 120 Å². The molecular weight excluding hydrogens is 287 g/mol. The lowest BCUT2D eigenvalue weighted by Crippen LogP contribution is -2.14. The topological polar surface area (TPSA) is 51.2 Å². The fourth-order valence-corrected chi connectivity index (χ4v) is 1.78. The second-order valence-corrected chi connectivity index (χ2v) is 4.47. The summed E-state index contributed by atoms with van der Waals surface area (Å²) in [7, 11) is 0. The number of anilines is 1. The molecule has 0 aliphatic rings. The van der Waals surface area contributed by atoms with Crippen LogP contribution in [0.2, 0.25) is 10.2 Å². The molecule has 1 heterocycles. The number of rotatable bonds is 3. The molecule has 0 fully saturated rings. The average molecular weight is 297 g/mol. The van der Waals surface area contributed by atoms with Crippen molar-refractivity contribution in [3.8, 4) is 0 Å². The third kappa shape index (κ3) is 4.12. The second kappa shape index (κ2) is 6.41. The molecule has 0 radical (unpaired) electrons. The SMILES string of the molecule is O=C(Nc1cnc(Cl)cc1Cl)OCc1ccccc1. The van der Waals surface area contributed by atoms with Gasteiger partial charge in [0.05, 0.1) is 16.9 Å². The lowest BCUT2D eigenvalue weighted by atomic mass is 10.2. The van der Waals surface area contributed by atoms with E-state index in [1.54, 1.807) is 0 Å². The number of carbonyl (C=O) groups is 1. The predicted octanol–water partition coefficient (Wildman–Crippen LogP) is 4.14. The predicted molar refractivity (Wildman–Crippen MR) is 74.5 cm³/mol. The Morgan fingerprint density at radius 1 is 1.26 bits per heavy atom. The van der Waals surface area contributed by atoms with Gasteiger partial charge in [-0.1, -0.05) is 53.5 Å². The quantitative estimate of drug-likeness (QED) is 0.866. The van der Waals surface area contributed by atoms with Crippen LogP contribution in [0.5, 0.6) is 0 Å². The van der Waals surface area contributed by atoms with E-state index in [0.29, 0.717) is 10.7 Å². The summed E-state index contributed by atoms with van der Waals surface area (Å²) in [6, 6.07) is 10.8. The van der Waals surface area contributed by atoms with Gasteiger partial charge < -0.3 is 4.74 Å². The molecule has 0 aliphatic heterocycles. The smallest absolute Gasteiger partial charge is 0.412 e. The minimum atomic E-state index is -0.602. The lowest BCUT2D eigenvalue weighted by Gasteiger charge is -2.08. The molecule has 0 atom stereocenters. The molecule has 1 aromatic carbocycles. The molecule has 0 aliphatic carbocycles. The first-order chi connectivity index (χ1) is 9.15. The van der Waals surface area contributed by atoms with Crippen LogP contribution in [-0.2, 0) is 11.3 Å². The van der Waals surface area contributed by atoms with Gasteiger partial charge in [0.25, 0.3) is 0 Å². The minimum Gasteiger partial charge on any atom is -0.444 e. The molecule has 98 valence electrons. The highest BCUT2D eigenvalue weighted by molar-refractivity contribution is 6.36. The highest BCUT2D eigenvalue weighted by atomic mass is 35.5. The molecule has 2 rings (SSSR count). The number of pyridine rings is 1. The van der Waals surface area contributed by atoms with E-state index in [2.05, 4.69) is 10.3 Å². The maximum atomic E-state index is 11.6. The van der Waals surface area contributed by atoms with Crippen LogP contribution in [0.1, 0.15) is 5.56 Å². The maximum Gasteiger partial charge on any atom is 0.412 e. The Morgan fingerprint density at radius 3 is 2.68 bits per heavy atom. The molecule has 6 heteroatoms. The molecule has 4 nitrogen and oxygen atoms in total.